The van der Waals surface area contributed by atoms with Gasteiger partial charge in [-0.25, -0.2) is 9.37 Å². The highest BCUT2D eigenvalue weighted by Gasteiger charge is 2.15. The quantitative estimate of drug-likeness (QED) is 0.803. The number of hydrogen-bond acceptors (Lipinski definition) is 6. The van der Waals surface area contributed by atoms with Crippen LogP contribution in [0.1, 0.15) is 23.5 Å². The minimum Gasteiger partial charge on any atom is -0.332 e. The summed E-state index contributed by atoms with van der Waals surface area (Å²) in [6.45, 7) is 3.67. The lowest BCUT2D eigenvalue weighted by Crippen LogP contribution is -2.03. The summed E-state index contributed by atoms with van der Waals surface area (Å²) < 4.78 is 18.6. The molecule has 0 aliphatic carbocycles. The highest BCUT2D eigenvalue weighted by molar-refractivity contribution is 7.10. The average molecular weight is 304 g/mol. The van der Waals surface area contributed by atoms with Crippen molar-refractivity contribution in [1.82, 2.24) is 15.1 Å². The predicted molar refractivity (Wildman–Crippen MR) is 78.1 cm³/mol. The normalized spacial score (nSPS) is 12.6. The second-order valence-corrected chi connectivity index (χ2v) is 5.69. The van der Waals surface area contributed by atoms with Crippen LogP contribution in [-0.2, 0) is 0 Å². The highest BCUT2D eigenvalue weighted by Crippen LogP contribution is 2.26. The molecule has 0 radical (unpaired) electrons. The number of hydrogen-bond donors (Lipinski definition) is 1. The van der Waals surface area contributed by atoms with Crippen molar-refractivity contribution < 1.29 is 8.91 Å². The third-order valence-electron chi connectivity index (χ3n) is 2.86. The highest BCUT2D eigenvalue weighted by atomic mass is 32.1. The van der Waals surface area contributed by atoms with Gasteiger partial charge >= 0.3 is 0 Å². The van der Waals surface area contributed by atoms with Gasteiger partial charge in [-0.2, -0.15) is 4.98 Å². The van der Waals surface area contributed by atoms with Crippen molar-refractivity contribution >= 4 is 11.3 Å². The van der Waals surface area contributed by atoms with Crippen LogP contribution in [-0.4, -0.2) is 15.1 Å². The molecule has 2 heterocycles. The molecule has 2 aromatic heterocycles. The van der Waals surface area contributed by atoms with Crippen LogP contribution >= 0.6 is 11.3 Å². The maximum absolute atomic E-state index is 13.4. The van der Waals surface area contributed by atoms with E-state index in [-0.39, 0.29) is 11.9 Å². The molecule has 21 heavy (non-hydrogen) atoms. The Morgan fingerprint density at radius 2 is 2.10 bits per heavy atom. The summed E-state index contributed by atoms with van der Waals surface area (Å²) in [7, 11) is 0. The molecule has 1 atom stereocenters. The van der Waals surface area contributed by atoms with Crippen LogP contribution in [0.4, 0.5) is 4.39 Å². The van der Waals surface area contributed by atoms with Gasteiger partial charge in [-0.05, 0) is 37.6 Å². The van der Waals surface area contributed by atoms with E-state index in [0.717, 1.165) is 10.6 Å². The van der Waals surface area contributed by atoms with Gasteiger partial charge in [0.15, 0.2) is 0 Å². The first-order valence-corrected chi connectivity index (χ1v) is 7.23. The molecule has 0 saturated carbocycles. The third-order valence-corrected chi connectivity index (χ3v) is 3.90. The van der Waals surface area contributed by atoms with E-state index in [4.69, 9.17) is 10.3 Å². The predicted octanol–water partition coefficient (Wildman–Crippen LogP) is 3.33. The molecule has 0 spiro atoms. The van der Waals surface area contributed by atoms with Crippen LogP contribution in [0.2, 0.25) is 0 Å². The van der Waals surface area contributed by atoms with Gasteiger partial charge in [0.25, 0.3) is 5.89 Å². The smallest absolute Gasteiger partial charge is 0.277 e. The zero-order chi connectivity index (χ0) is 15.0. The fourth-order valence-corrected chi connectivity index (χ4v) is 2.66. The van der Waals surface area contributed by atoms with Gasteiger partial charge in [0.05, 0.1) is 6.04 Å². The summed E-state index contributed by atoms with van der Waals surface area (Å²) in [5.74, 6) is 0.308. The number of aryl methyl sites for hydroxylation is 1. The van der Waals surface area contributed by atoms with E-state index >= 15 is 0 Å². The Labute approximate surface area is 124 Å². The molecule has 2 N–H and O–H groups in total. The maximum Gasteiger partial charge on any atom is 0.277 e. The fourth-order valence-electron chi connectivity index (χ4n) is 1.91. The van der Waals surface area contributed by atoms with Crippen molar-refractivity contribution in [1.29, 1.82) is 0 Å². The lowest BCUT2D eigenvalue weighted by Gasteiger charge is -1.97. The van der Waals surface area contributed by atoms with Crippen LogP contribution in [0.5, 0.6) is 0 Å². The van der Waals surface area contributed by atoms with Crippen molar-refractivity contribution in [3.8, 4) is 23.0 Å². The van der Waals surface area contributed by atoms with Crippen molar-refractivity contribution in [3.05, 3.63) is 40.0 Å². The molecule has 0 fully saturated rings. The molecule has 3 rings (SSSR count). The fraction of sp³-hybridized carbons (Fsp3) is 0.214. The Kier molecular flexibility index (Phi) is 3.52. The van der Waals surface area contributed by atoms with Crippen LogP contribution in [0, 0.1) is 12.7 Å². The van der Waals surface area contributed by atoms with Gasteiger partial charge < -0.3 is 10.3 Å². The van der Waals surface area contributed by atoms with Gasteiger partial charge in [-0.3, -0.25) is 0 Å². The number of rotatable bonds is 3. The van der Waals surface area contributed by atoms with Crippen molar-refractivity contribution in [2.24, 2.45) is 5.73 Å². The maximum atomic E-state index is 13.4. The number of halogens is 1. The first-order valence-electron chi connectivity index (χ1n) is 6.35. The Morgan fingerprint density at radius 1 is 1.29 bits per heavy atom. The summed E-state index contributed by atoms with van der Waals surface area (Å²) in [4.78, 5) is 8.61. The lowest BCUT2D eigenvalue weighted by atomic mass is 10.1. The molecule has 0 amide bonds. The monoisotopic (exact) mass is 304 g/mol. The van der Waals surface area contributed by atoms with E-state index in [1.807, 2.05) is 19.2 Å². The lowest BCUT2D eigenvalue weighted by molar-refractivity contribution is 0.431. The molecule has 0 aliphatic rings. The van der Waals surface area contributed by atoms with E-state index in [9.17, 15) is 4.39 Å². The molecule has 1 unspecified atom stereocenters. The molecule has 0 saturated heterocycles. The van der Waals surface area contributed by atoms with Gasteiger partial charge in [0.1, 0.15) is 16.5 Å². The topological polar surface area (TPSA) is 77.8 Å². The molecule has 3 aromatic rings. The van der Waals surface area contributed by atoms with Crippen LogP contribution in [0.15, 0.2) is 28.1 Å². The van der Waals surface area contributed by atoms with E-state index < -0.39 is 0 Å². The second-order valence-electron chi connectivity index (χ2n) is 4.80. The number of nitrogens with zero attached hydrogens (tertiary/aromatic N) is 3. The van der Waals surface area contributed by atoms with Crippen molar-refractivity contribution in [2.45, 2.75) is 19.9 Å². The standard InChI is InChI=1S/C14H13FN4OS/c1-7-3-9(5-10(15)4-7)12-18-13(20-19-12)11-6-21-14(17-11)8(2)16/h3-6,8H,16H2,1-2H3. The number of thiazole rings is 1. The SMILES string of the molecule is Cc1cc(F)cc(-c2noc(-c3csc(C(C)N)n3)n2)c1. The van der Waals surface area contributed by atoms with E-state index in [1.165, 1.54) is 23.5 Å². The second kappa shape index (κ2) is 5.34. The summed E-state index contributed by atoms with van der Waals surface area (Å²) in [5.41, 5.74) is 7.73. The summed E-state index contributed by atoms with van der Waals surface area (Å²) in [6.07, 6.45) is 0. The van der Waals surface area contributed by atoms with Crippen LogP contribution < -0.4 is 5.73 Å². The Hall–Kier alpha value is -2.12. The molecule has 108 valence electrons. The summed E-state index contributed by atoms with van der Waals surface area (Å²) in [5, 5.41) is 6.49. The van der Waals surface area contributed by atoms with E-state index in [2.05, 4.69) is 15.1 Å². The van der Waals surface area contributed by atoms with Crippen molar-refractivity contribution in [2.75, 3.05) is 0 Å². The Bertz CT molecular complexity index is 761. The molecule has 5 nitrogen and oxygen atoms in total. The number of benzene rings is 1. The molecule has 0 aliphatic heterocycles. The minimum absolute atomic E-state index is 0.142. The zero-order valence-corrected chi connectivity index (χ0v) is 12.3. The zero-order valence-electron chi connectivity index (χ0n) is 11.5. The molecular formula is C14H13FN4OS. The van der Waals surface area contributed by atoms with Crippen LogP contribution in [0.25, 0.3) is 23.0 Å². The van der Waals surface area contributed by atoms with E-state index in [0.29, 0.717) is 23.0 Å². The summed E-state index contributed by atoms with van der Waals surface area (Å²) >= 11 is 1.44. The van der Waals surface area contributed by atoms with E-state index in [1.54, 1.807) is 6.07 Å². The summed E-state index contributed by atoms with van der Waals surface area (Å²) in [6, 6.07) is 4.47. The largest absolute Gasteiger partial charge is 0.332 e. The van der Waals surface area contributed by atoms with Gasteiger partial charge in [0, 0.05) is 10.9 Å². The molecule has 1 aromatic carbocycles. The van der Waals surface area contributed by atoms with Gasteiger partial charge in [-0.15, -0.1) is 11.3 Å². The Balaban J connectivity index is 1.95. The molecule has 7 heteroatoms. The van der Waals surface area contributed by atoms with Crippen molar-refractivity contribution in [3.63, 3.8) is 0 Å². The average Bonchev–Trinajstić information content (AvgIpc) is 3.07. The van der Waals surface area contributed by atoms with Gasteiger partial charge in [-0.1, -0.05) is 5.16 Å². The molecular weight excluding hydrogens is 291 g/mol. The third kappa shape index (κ3) is 2.84. The number of nitrogens with two attached hydrogens (primary N) is 1. The molecule has 0 bridgehead atoms. The Morgan fingerprint density at radius 3 is 2.76 bits per heavy atom. The first-order chi connectivity index (χ1) is 10.0. The first kappa shape index (κ1) is 13.8. The minimum atomic E-state index is -0.329. The van der Waals surface area contributed by atoms with Crippen LogP contribution in [0.3, 0.4) is 0 Å². The number of aromatic nitrogens is 3. The van der Waals surface area contributed by atoms with Gasteiger partial charge in [0.2, 0.25) is 5.82 Å².